The summed E-state index contributed by atoms with van der Waals surface area (Å²) in [7, 11) is 1.73. The predicted molar refractivity (Wildman–Crippen MR) is 60.3 cm³/mol. The fourth-order valence-corrected chi connectivity index (χ4v) is 2.65. The highest BCUT2D eigenvalue weighted by molar-refractivity contribution is 9.11. The highest BCUT2D eigenvalue weighted by atomic mass is 79.9. The Bertz CT molecular complexity index is 246. The second kappa shape index (κ2) is 5.75. The van der Waals surface area contributed by atoms with Gasteiger partial charge in [0.2, 0.25) is 0 Å². The number of hydrogen-bond donors (Lipinski definition) is 1. The van der Waals surface area contributed by atoms with Crippen molar-refractivity contribution in [2.24, 2.45) is 0 Å². The third-order valence-electron chi connectivity index (χ3n) is 1.72. The minimum absolute atomic E-state index is 0.325. The maximum atomic E-state index is 5.15. The Balaban J connectivity index is 2.63. The van der Waals surface area contributed by atoms with Crippen LogP contribution in [0, 0.1) is 0 Å². The lowest BCUT2D eigenvalue weighted by Gasteiger charge is -2.14. The molecule has 1 rings (SSSR count). The molecule has 1 aromatic heterocycles. The maximum Gasteiger partial charge on any atom is 0.0702 e. The molecule has 1 heterocycles. The van der Waals surface area contributed by atoms with Gasteiger partial charge in [-0.2, -0.15) is 0 Å². The van der Waals surface area contributed by atoms with Gasteiger partial charge in [-0.1, -0.05) is 6.92 Å². The number of ether oxygens (including phenoxy) is 1. The third kappa shape index (κ3) is 3.38. The summed E-state index contributed by atoms with van der Waals surface area (Å²) >= 11 is 5.20. The summed E-state index contributed by atoms with van der Waals surface area (Å²) < 4.78 is 6.32. The van der Waals surface area contributed by atoms with E-state index < -0.39 is 0 Å². The highest BCUT2D eigenvalue weighted by Gasteiger charge is 2.11. The summed E-state index contributed by atoms with van der Waals surface area (Å²) in [6, 6.07) is 4.52. The largest absolute Gasteiger partial charge is 0.383 e. The minimum atomic E-state index is 0.325. The van der Waals surface area contributed by atoms with Gasteiger partial charge >= 0.3 is 0 Å². The Kier molecular flexibility index (Phi) is 4.94. The van der Waals surface area contributed by atoms with Crippen molar-refractivity contribution in [1.29, 1.82) is 0 Å². The van der Waals surface area contributed by atoms with Crippen LogP contribution in [0.4, 0.5) is 0 Å². The van der Waals surface area contributed by atoms with Crippen LogP contribution < -0.4 is 5.32 Å². The van der Waals surface area contributed by atoms with Gasteiger partial charge in [0.15, 0.2) is 0 Å². The first-order valence-corrected chi connectivity index (χ1v) is 5.86. The van der Waals surface area contributed by atoms with Crippen LogP contribution in [0.2, 0.25) is 0 Å². The molecule has 0 fully saturated rings. The molecule has 0 saturated carbocycles. The van der Waals surface area contributed by atoms with Crippen LogP contribution in [-0.2, 0) is 4.74 Å². The molecule has 0 bridgehead atoms. The van der Waals surface area contributed by atoms with Crippen molar-refractivity contribution in [3.63, 3.8) is 0 Å². The molecule has 0 aliphatic heterocycles. The summed E-state index contributed by atoms with van der Waals surface area (Å²) in [4.78, 5) is 1.32. The van der Waals surface area contributed by atoms with Crippen LogP contribution in [-0.4, -0.2) is 20.3 Å². The first-order valence-electron chi connectivity index (χ1n) is 4.25. The van der Waals surface area contributed by atoms with E-state index in [0.29, 0.717) is 6.04 Å². The van der Waals surface area contributed by atoms with Gasteiger partial charge in [0.05, 0.1) is 16.4 Å². The quantitative estimate of drug-likeness (QED) is 0.883. The lowest BCUT2D eigenvalue weighted by molar-refractivity contribution is 0.169. The van der Waals surface area contributed by atoms with Crippen molar-refractivity contribution in [2.75, 3.05) is 20.3 Å². The van der Waals surface area contributed by atoms with Gasteiger partial charge in [-0.05, 0) is 34.6 Å². The average molecular weight is 264 g/mol. The third-order valence-corrected chi connectivity index (χ3v) is 3.46. The standard InChI is InChI=1S/C9H14BrNOS/c1-3-11-7(6-12-2)8-4-5-9(10)13-8/h4-5,7,11H,3,6H2,1-2H3. The summed E-state index contributed by atoms with van der Waals surface area (Å²) in [5.41, 5.74) is 0. The van der Waals surface area contributed by atoms with Gasteiger partial charge in [0.1, 0.15) is 0 Å². The molecule has 0 spiro atoms. The second-order valence-electron chi connectivity index (χ2n) is 2.71. The van der Waals surface area contributed by atoms with Gasteiger partial charge in [-0.25, -0.2) is 0 Å². The number of thiophene rings is 1. The zero-order valence-electron chi connectivity index (χ0n) is 7.84. The Labute approximate surface area is 91.4 Å². The monoisotopic (exact) mass is 263 g/mol. The minimum Gasteiger partial charge on any atom is -0.383 e. The molecule has 1 atom stereocenters. The van der Waals surface area contributed by atoms with E-state index in [1.165, 1.54) is 8.66 Å². The molecule has 0 aliphatic rings. The highest BCUT2D eigenvalue weighted by Crippen LogP contribution is 2.27. The van der Waals surface area contributed by atoms with E-state index >= 15 is 0 Å². The molecule has 74 valence electrons. The molecule has 1 unspecified atom stereocenters. The van der Waals surface area contributed by atoms with Crippen LogP contribution in [0.1, 0.15) is 17.8 Å². The fourth-order valence-electron chi connectivity index (χ4n) is 1.17. The van der Waals surface area contributed by atoms with E-state index in [2.05, 4.69) is 40.3 Å². The number of rotatable bonds is 5. The SMILES string of the molecule is CCNC(COC)c1ccc(Br)s1. The van der Waals surface area contributed by atoms with E-state index in [0.717, 1.165) is 13.2 Å². The van der Waals surface area contributed by atoms with Crippen molar-refractivity contribution in [1.82, 2.24) is 5.32 Å². The van der Waals surface area contributed by atoms with Gasteiger partial charge in [-0.3, -0.25) is 0 Å². The van der Waals surface area contributed by atoms with Crippen molar-refractivity contribution in [3.05, 3.63) is 20.8 Å². The van der Waals surface area contributed by atoms with E-state index in [4.69, 9.17) is 4.74 Å². The molecule has 0 aromatic carbocycles. The van der Waals surface area contributed by atoms with E-state index in [9.17, 15) is 0 Å². The molecule has 0 amide bonds. The molecule has 1 N–H and O–H groups in total. The van der Waals surface area contributed by atoms with Crippen molar-refractivity contribution in [3.8, 4) is 0 Å². The number of likely N-dealkylation sites (N-methyl/N-ethyl adjacent to an activating group) is 1. The van der Waals surface area contributed by atoms with Crippen LogP contribution in [0.3, 0.4) is 0 Å². The summed E-state index contributed by atoms with van der Waals surface area (Å²) in [6.07, 6.45) is 0. The van der Waals surface area contributed by atoms with Gasteiger partial charge in [0, 0.05) is 12.0 Å². The topological polar surface area (TPSA) is 21.3 Å². The number of nitrogens with one attached hydrogen (secondary N) is 1. The van der Waals surface area contributed by atoms with Crippen molar-refractivity contribution >= 4 is 27.3 Å². The molecular weight excluding hydrogens is 250 g/mol. The number of halogens is 1. The lowest BCUT2D eigenvalue weighted by atomic mass is 10.2. The Morgan fingerprint density at radius 1 is 1.62 bits per heavy atom. The number of hydrogen-bond acceptors (Lipinski definition) is 3. The van der Waals surface area contributed by atoms with Crippen molar-refractivity contribution in [2.45, 2.75) is 13.0 Å². The van der Waals surface area contributed by atoms with Crippen LogP contribution in [0.15, 0.2) is 15.9 Å². The zero-order valence-corrected chi connectivity index (χ0v) is 10.2. The van der Waals surface area contributed by atoms with E-state index in [1.807, 2.05) is 0 Å². The fraction of sp³-hybridized carbons (Fsp3) is 0.556. The molecule has 0 aliphatic carbocycles. The summed E-state index contributed by atoms with van der Waals surface area (Å²) in [5.74, 6) is 0. The Hall–Kier alpha value is 0.1000. The normalized spacial score (nSPS) is 13.2. The molecular formula is C9H14BrNOS. The first-order chi connectivity index (χ1) is 6.27. The maximum absolute atomic E-state index is 5.15. The van der Waals surface area contributed by atoms with Gasteiger partial charge < -0.3 is 10.1 Å². The van der Waals surface area contributed by atoms with Crippen LogP contribution in [0.5, 0.6) is 0 Å². The average Bonchev–Trinajstić information content (AvgIpc) is 2.51. The van der Waals surface area contributed by atoms with Gasteiger partial charge in [0.25, 0.3) is 0 Å². The van der Waals surface area contributed by atoms with Crippen LogP contribution >= 0.6 is 27.3 Å². The van der Waals surface area contributed by atoms with E-state index in [1.54, 1.807) is 18.4 Å². The molecule has 0 radical (unpaired) electrons. The lowest BCUT2D eigenvalue weighted by Crippen LogP contribution is -2.23. The molecule has 1 aromatic rings. The zero-order chi connectivity index (χ0) is 9.68. The molecule has 4 heteroatoms. The smallest absolute Gasteiger partial charge is 0.0702 e. The van der Waals surface area contributed by atoms with Crippen molar-refractivity contribution < 1.29 is 4.74 Å². The first kappa shape index (κ1) is 11.2. The van der Waals surface area contributed by atoms with Gasteiger partial charge in [-0.15, -0.1) is 11.3 Å². The second-order valence-corrected chi connectivity index (χ2v) is 5.20. The Morgan fingerprint density at radius 2 is 2.38 bits per heavy atom. The van der Waals surface area contributed by atoms with E-state index in [-0.39, 0.29) is 0 Å². The van der Waals surface area contributed by atoms with Crippen LogP contribution in [0.25, 0.3) is 0 Å². The molecule has 2 nitrogen and oxygen atoms in total. The Morgan fingerprint density at radius 3 is 2.85 bits per heavy atom. The molecule has 13 heavy (non-hydrogen) atoms. The summed E-state index contributed by atoms with van der Waals surface area (Å²) in [5, 5.41) is 3.38. The number of methoxy groups -OCH3 is 1. The predicted octanol–water partition coefficient (Wildman–Crippen LogP) is 2.81. The summed E-state index contributed by atoms with van der Waals surface area (Å²) in [6.45, 7) is 3.79. The molecule has 0 saturated heterocycles.